The van der Waals surface area contributed by atoms with Gasteiger partial charge >= 0.3 is 5.69 Å². The molecule has 0 amide bonds. The first-order valence-corrected chi connectivity index (χ1v) is 8.36. The molecule has 3 aromatic rings. The summed E-state index contributed by atoms with van der Waals surface area (Å²) in [5, 5.41) is 15.3. The highest BCUT2D eigenvalue weighted by molar-refractivity contribution is 7.99. The molecule has 0 bridgehead atoms. The monoisotopic (exact) mass is 373 g/mol. The van der Waals surface area contributed by atoms with Crippen molar-refractivity contribution in [3.8, 4) is 0 Å². The number of hydrogen-bond acceptors (Lipinski definition) is 7. The summed E-state index contributed by atoms with van der Waals surface area (Å²) in [6, 6.07) is 12.3. The second kappa shape index (κ2) is 7.45. The molecule has 25 heavy (non-hydrogen) atoms. The third-order valence-corrected chi connectivity index (χ3v) is 4.39. The maximum Gasteiger partial charge on any atom is 0.343 e. The quantitative estimate of drug-likeness (QED) is 0.395. The molecule has 1 aromatic carbocycles. The van der Waals surface area contributed by atoms with Crippen molar-refractivity contribution >= 4 is 40.7 Å². The SMILES string of the molecule is Cc1cccc(Nc2ncnc(Sc3ccc(Cl)cc3)c2[N+](=O)[O-])n1. The van der Waals surface area contributed by atoms with Gasteiger partial charge in [-0.3, -0.25) is 10.1 Å². The Morgan fingerprint density at radius 3 is 2.60 bits per heavy atom. The molecule has 1 N–H and O–H groups in total. The molecule has 0 aliphatic rings. The van der Waals surface area contributed by atoms with Crippen molar-refractivity contribution in [3.05, 3.63) is 69.6 Å². The van der Waals surface area contributed by atoms with Crippen molar-refractivity contribution in [2.45, 2.75) is 16.8 Å². The Labute approximate surface area is 152 Å². The van der Waals surface area contributed by atoms with E-state index in [-0.39, 0.29) is 16.5 Å². The predicted octanol–water partition coefficient (Wildman–Crippen LogP) is 4.64. The highest BCUT2D eigenvalue weighted by atomic mass is 35.5. The van der Waals surface area contributed by atoms with Crippen LogP contribution in [0.15, 0.2) is 58.7 Å². The number of aromatic nitrogens is 3. The summed E-state index contributed by atoms with van der Waals surface area (Å²) in [7, 11) is 0. The first-order chi connectivity index (χ1) is 12.0. The van der Waals surface area contributed by atoms with Crippen LogP contribution < -0.4 is 5.32 Å². The number of rotatable bonds is 5. The van der Waals surface area contributed by atoms with Crippen molar-refractivity contribution in [2.75, 3.05) is 5.32 Å². The molecule has 0 radical (unpaired) electrons. The lowest BCUT2D eigenvalue weighted by Crippen LogP contribution is -2.04. The highest BCUT2D eigenvalue weighted by Crippen LogP contribution is 2.37. The van der Waals surface area contributed by atoms with Crippen LogP contribution in [0.25, 0.3) is 0 Å². The summed E-state index contributed by atoms with van der Waals surface area (Å²) in [6.45, 7) is 1.83. The molecule has 0 spiro atoms. The zero-order chi connectivity index (χ0) is 17.8. The first-order valence-electron chi connectivity index (χ1n) is 7.16. The van der Waals surface area contributed by atoms with Crippen molar-refractivity contribution in [3.63, 3.8) is 0 Å². The Hall–Kier alpha value is -2.71. The molecule has 2 heterocycles. The Morgan fingerprint density at radius 1 is 1.16 bits per heavy atom. The van der Waals surface area contributed by atoms with E-state index in [1.54, 1.807) is 36.4 Å². The van der Waals surface area contributed by atoms with Crippen LogP contribution >= 0.6 is 23.4 Å². The van der Waals surface area contributed by atoms with Gasteiger partial charge in [-0.15, -0.1) is 0 Å². The van der Waals surface area contributed by atoms with Gasteiger partial charge in [0.25, 0.3) is 0 Å². The number of nitrogens with zero attached hydrogens (tertiary/aromatic N) is 4. The van der Waals surface area contributed by atoms with Gasteiger partial charge in [0.15, 0.2) is 5.03 Å². The van der Waals surface area contributed by atoms with Gasteiger partial charge in [0.2, 0.25) is 5.82 Å². The molecule has 0 aliphatic carbocycles. The lowest BCUT2D eigenvalue weighted by atomic mass is 10.3. The summed E-state index contributed by atoms with van der Waals surface area (Å²) >= 11 is 7.03. The smallest absolute Gasteiger partial charge is 0.319 e. The van der Waals surface area contributed by atoms with Crippen molar-refractivity contribution in [2.24, 2.45) is 0 Å². The number of nitro groups is 1. The van der Waals surface area contributed by atoms with E-state index in [4.69, 9.17) is 11.6 Å². The molecular weight excluding hydrogens is 362 g/mol. The molecule has 0 fully saturated rings. The fraction of sp³-hybridized carbons (Fsp3) is 0.0625. The van der Waals surface area contributed by atoms with Crippen molar-refractivity contribution in [1.29, 1.82) is 0 Å². The number of anilines is 2. The number of benzene rings is 1. The van der Waals surface area contributed by atoms with E-state index in [1.165, 1.54) is 18.1 Å². The fourth-order valence-electron chi connectivity index (χ4n) is 2.04. The van der Waals surface area contributed by atoms with Gasteiger partial charge in [0.1, 0.15) is 12.1 Å². The van der Waals surface area contributed by atoms with Crippen LogP contribution in [-0.4, -0.2) is 19.9 Å². The summed E-state index contributed by atoms with van der Waals surface area (Å²) in [6.07, 6.45) is 1.28. The van der Waals surface area contributed by atoms with Gasteiger partial charge in [-0.1, -0.05) is 29.4 Å². The van der Waals surface area contributed by atoms with E-state index < -0.39 is 4.92 Å². The number of pyridine rings is 1. The van der Waals surface area contributed by atoms with Crippen molar-refractivity contribution in [1.82, 2.24) is 15.0 Å². The zero-order valence-electron chi connectivity index (χ0n) is 13.0. The minimum atomic E-state index is -0.504. The van der Waals surface area contributed by atoms with E-state index in [9.17, 15) is 10.1 Å². The van der Waals surface area contributed by atoms with E-state index in [1.807, 2.05) is 13.0 Å². The Kier molecular flexibility index (Phi) is 5.11. The molecule has 2 aromatic heterocycles. The molecule has 9 heteroatoms. The van der Waals surface area contributed by atoms with Crippen LogP contribution in [0, 0.1) is 17.0 Å². The van der Waals surface area contributed by atoms with Crippen LogP contribution in [0.3, 0.4) is 0 Å². The van der Waals surface area contributed by atoms with Crippen LogP contribution in [-0.2, 0) is 0 Å². The van der Waals surface area contributed by atoms with E-state index >= 15 is 0 Å². The average molecular weight is 374 g/mol. The van der Waals surface area contributed by atoms with Crippen LogP contribution in [0.5, 0.6) is 0 Å². The molecule has 0 unspecified atom stereocenters. The molecular formula is C16H12ClN5O2S. The van der Waals surface area contributed by atoms with Gasteiger partial charge in [0.05, 0.1) is 4.92 Å². The van der Waals surface area contributed by atoms with Gasteiger partial charge in [-0.05, 0) is 43.3 Å². The van der Waals surface area contributed by atoms with Crippen molar-refractivity contribution < 1.29 is 4.92 Å². The maximum atomic E-state index is 11.6. The largest absolute Gasteiger partial charge is 0.343 e. The second-order valence-corrected chi connectivity index (χ2v) is 6.48. The minimum Gasteiger partial charge on any atom is -0.319 e. The lowest BCUT2D eigenvalue weighted by molar-refractivity contribution is -0.387. The van der Waals surface area contributed by atoms with Gasteiger partial charge < -0.3 is 5.32 Å². The number of halogens is 1. The first kappa shape index (κ1) is 17.1. The number of aryl methyl sites for hydroxylation is 1. The third-order valence-electron chi connectivity index (χ3n) is 3.13. The highest BCUT2D eigenvalue weighted by Gasteiger charge is 2.24. The maximum absolute atomic E-state index is 11.6. The number of hydrogen-bond donors (Lipinski definition) is 1. The molecule has 7 nitrogen and oxygen atoms in total. The average Bonchev–Trinajstić information content (AvgIpc) is 2.57. The summed E-state index contributed by atoms with van der Waals surface area (Å²) in [4.78, 5) is 24.2. The number of nitrogens with one attached hydrogen (secondary N) is 1. The topological polar surface area (TPSA) is 93.8 Å². The minimum absolute atomic E-state index is 0.0922. The predicted molar refractivity (Wildman–Crippen MR) is 96.5 cm³/mol. The summed E-state index contributed by atoms with van der Waals surface area (Å²) < 4.78 is 0. The molecule has 0 aliphatic heterocycles. The second-order valence-electron chi connectivity index (χ2n) is 4.98. The zero-order valence-corrected chi connectivity index (χ0v) is 14.6. The Morgan fingerprint density at radius 2 is 1.92 bits per heavy atom. The molecule has 126 valence electrons. The van der Waals surface area contributed by atoms with E-state index in [0.717, 1.165) is 10.6 Å². The molecule has 0 saturated heterocycles. The molecule has 0 saturated carbocycles. The van der Waals surface area contributed by atoms with Gasteiger partial charge in [0, 0.05) is 15.6 Å². The Balaban J connectivity index is 1.96. The standard InChI is InChI=1S/C16H12ClN5O2S/c1-10-3-2-4-13(20-10)21-15-14(22(23)24)16(19-9-18-15)25-12-7-5-11(17)6-8-12/h2-9H,1H3,(H,18,19,20,21). The summed E-state index contributed by atoms with van der Waals surface area (Å²) in [5.74, 6) is 0.568. The normalized spacial score (nSPS) is 10.5. The van der Waals surface area contributed by atoms with Gasteiger partial charge in [-0.2, -0.15) is 0 Å². The third kappa shape index (κ3) is 4.23. The van der Waals surface area contributed by atoms with Crippen LogP contribution in [0.1, 0.15) is 5.69 Å². The van der Waals surface area contributed by atoms with Crippen LogP contribution in [0.4, 0.5) is 17.3 Å². The van der Waals surface area contributed by atoms with E-state index in [0.29, 0.717) is 10.8 Å². The lowest BCUT2D eigenvalue weighted by Gasteiger charge is -2.08. The Bertz CT molecular complexity index is 921. The fourth-order valence-corrected chi connectivity index (χ4v) is 3.03. The summed E-state index contributed by atoms with van der Waals surface area (Å²) in [5.41, 5.74) is 0.586. The van der Waals surface area contributed by atoms with Crippen LogP contribution in [0.2, 0.25) is 5.02 Å². The van der Waals surface area contributed by atoms with Gasteiger partial charge in [-0.25, -0.2) is 15.0 Å². The van der Waals surface area contributed by atoms with E-state index in [2.05, 4.69) is 20.3 Å². The molecule has 0 atom stereocenters. The molecule has 3 rings (SSSR count).